The third-order valence-electron chi connectivity index (χ3n) is 4.91. The van der Waals surface area contributed by atoms with E-state index >= 15 is 0 Å². The summed E-state index contributed by atoms with van der Waals surface area (Å²) in [6.45, 7) is 6.75. The van der Waals surface area contributed by atoms with Crippen LogP contribution in [0.25, 0.3) is 10.9 Å². The molecule has 1 aromatic heterocycles. The minimum Gasteiger partial charge on any atom is -0.508 e. The Balaban J connectivity index is 2.08. The molecule has 0 radical (unpaired) electrons. The first kappa shape index (κ1) is 23.2. The zero-order valence-electron chi connectivity index (χ0n) is 17.9. The summed E-state index contributed by atoms with van der Waals surface area (Å²) in [5, 5.41) is 10.5. The summed E-state index contributed by atoms with van der Waals surface area (Å²) >= 11 is 0. The van der Waals surface area contributed by atoms with Gasteiger partial charge in [-0.3, -0.25) is 14.2 Å². The van der Waals surface area contributed by atoms with E-state index in [0.29, 0.717) is 22.2 Å². The number of aromatic nitrogens is 1. The van der Waals surface area contributed by atoms with Gasteiger partial charge in [0.15, 0.2) is 0 Å². The molecule has 0 fully saturated rings. The van der Waals surface area contributed by atoms with E-state index in [9.17, 15) is 27.9 Å². The van der Waals surface area contributed by atoms with Gasteiger partial charge in [0.2, 0.25) is 0 Å². The first-order valence-corrected chi connectivity index (χ1v) is 9.84. The van der Waals surface area contributed by atoms with Crippen LogP contribution in [0.15, 0.2) is 42.5 Å². The van der Waals surface area contributed by atoms with Gasteiger partial charge in [0, 0.05) is 16.6 Å². The van der Waals surface area contributed by atoms with Gasteiger partial charge in [-0.25, -0.2) is 0 Å². The third kappa shape index (κ3) is 4.71. The van der Waals surface area contributed by atoms with Gasteiger partial charge < -0.3 is 14.6 Å². The molecule has 0 aliphatic rings. The molecule has 1 atom stereocenters. The van der Waals surface area contributed by atoms with E-state index < -0.39 is 29.9 Å². The molecular weight excluding hydrogens is 427 g/mol. The number of rotatable bonds is 5. The van der Waals surface area contributed by atoms with Gasteiger partial charge in [-0.2, -0.15) is 0 Å². The fourth-order valence-corrected chi connectivity index (χ4v) is 3.62. The number of alkyl halides is 3. The number of benzene rings is 2. The maximum Gasteiger partial charge on any atom is 0.573 e. The maximum absolute atomic E-state index is 13.3. The number of hydrogen-bond donors (Lipinski definition) is 1. The predicted octanol–water partition coefficient (Wildman–Crippen LogP) is 5.30. The summed E-state index contributed by atoms with van der Waals surface area (Å²) in [6, 6.07) is 8.97. The molecule has 3 aromatic rings. The molecule has 0 saturated heterocycles. The molecule has 170 valence electrons. The van der Waals surface area contributed by atoms with Crippen LogP contribution < -0.4 is 4.74 Å². The van der Waals surface area contributed by atoms with E-state index in [0.717, 1.165) is 12.1 Å². The molecular formula is C23H22F3NO5. The number of fused-ring (bicyclic) bond motifs is 1. The molecule has 1 heterocycles. The van der Waals surface area contributed by atoms with E-state index in [2.05, 4.69) is 4.74 Å². The van der Waals surface area contributed by atoms with E-state index in [1.165, 1.54) is 28.8 Å². The van der Waals surface area contributed by atoms with Crippen LogP contribution >= 0.6 is 0 Å². The van der Waals surface area contributed by atoms with Crippen molar-refractivity contribution in [2.45, 2.75) is 46.1 Å². The highest BCUT2D eigenvalue weighted by Crippen LogP contribution is 2.35. The van der Waals surface area contributed by atoms with Crippen molar-refractivity contribution in [3.63, 3.8) is 0 Å². The van der Waals surface area contributed by atoms with Crippen molar-refractivity contribution >= 4 is 22.8 Å². The van der Waals surface area contributed by atoms with Crippen molar-refractivity contribution < 1.29 is 37.3 Å². The van der Waals surface area contributed by atoms with Crippen LogP contribution in [0.4, 0.5) is 13.2 Å². The lowest BCUT2D eigenvalue weighted by molar-refractivity contribution is -0.274. The van der Waals surface area contributed by atoms with Crippen molar-refractivity contribution in [1.82, 2.24) is 4.57 Å². The molecule has 6 nitrogen and oxygen atoms in total. The number of halogens is 3. The minimum atomic E-state index is -4.84. The molecule has 3 rings (SSSR count). The molecule has 0 unspecified atom stereocenters. The zero-order valence-corrected chi connectivity index (χ0v) is 17.9. The second-order valence-electron chi connectivity index (χ2n) is 7.62. The second-order valence-corrected chi connectivity index (χ2v) is 7.62. The Morgan fingerprint density at radius 3 is 2.22 bits per heavy atom. The number of carbonyl (C=O) groups is 2. The lowest BCUT2D eigenvalue weighted by Crippen LogP contribution is -2.19. The van der Waals surface area contributed by atoms with Gasteiger partial charge in [-0.05, 0) is 75.7 Å². The SMILES string of the molecule is Cc1c([C@H](C)C(=O)OC(C)C)c2cc(O)ccc2n1C(=O)c1ccc(OC(F)(F)F)cc1. The van der Waals surface area contributed by atoms with Crippen molar-refractivity contribution in [3.05, 3.63) is 59.3 Å². The van der Waals surface area contributed by atoms with Crippen molar-refractivity contribution in [2.24, 2.45) is 0 Å². The lowest BCUT2D eigenvalue weighted by atomic mass is 9.98. The summed E-state index contributed by atoms with van der Waals surface area (Å²) in [6.07, 6.45) is -5.16. The molecule has 0 aliphatic heterocycles. The molecule has 2 aromatic carbocycles. The largest absolute Gasteiger partial charge is 0.573 e. The number of nitrogens with zero attached hydrogens (tertiary/aromatic N) is 1. The van der Waals surface area contributed by atoms with Crippen LogP contribution in [0.5, 0.6) is 11.5 Å². The van der Waals surface area contributed by atoms with Gasteiger partial charge in [0.1, 0.15) is 11.5 Å². The minimum absolute atomic E-state index is 0.0403. The number of ether oxygens (including phenoxy) is 2. The number of esters is 1. The van der Waals surface area contributed by atoms with Gasteiger partial charge >= 0.3 is 12.3 Å². The monoisotopic (exact) mass is 449 g/mol. The number of carbonyl (C=O) groups excluding carboxylic acids is 2. The summed E-state index contributed by atoms with van der Waals surface area (Å²) in [4.78, 5) is 25.8. The standard InChI is InChI=1S/C23H22F3NO5/c1-12(2)31-22(30)13(3)20-14(4)27(19-10-7-16(28)11-18(19)20)21(29)15-5-8-17(9-6-15)32-23(24,25)26/h5-13,28H,1-4H3/t13-/m0/s1. The first-order chi connectivity index (χ1) is 14.9. The van der Waals surface area contributed by atoms with Gasteiger partial charge in [0.25, 0.3) is 5.91 Å². The number of hydrogen-bond acceptors (Lipinski definition) is 5. The van der Waals surface area contributed by atoms with Crippen LogP contribution in [0.2, 0.25) is 0 Å². The number of phenolic OH excluding ortho intramolecular Hbond substituents is 1. The summed E-state index contributed by atoms with van der Waals surface area (Å²) in [7, 11) is 0. The fraction of sp³-hybridized carbons (Fsp3) is 0.304. The maximum atomic E-state index is 13.3. The molecule has 1 N–H and O–H groups in total. The van der Waals surface area contributed by atoms with Crippen molar-refractivity contribution in [3.8, 4) is 11.5 Å². The number of aromatic hydroxyl groups is 1. The molecule has 32 heavy (non-hydrogen) atoms. The van der Waals surface area contributed by atoms with E-state index in [-0.39, 0.29) is 17.4 Å². The average molecular weight is 449 g/mol. The predicted molar refractivity (Wildman–Crippen MR) is 111 cm³/mol. The topological polar surface area (TPSA) is 77.8 Å². The Morgan fingerprint density at radius 2 is 1.66 bits per heavy atom. The molecule has 0 spiro atoms. The third-order valence-corrected chi connectivity index (χ3v) is 4.91. The average Bonchev–Trinajstić information content (AvgIpc) is 2.96. The summed E-state index contributed by atoms with van der Waals surface area (Å²) in [5.74, 6) is -2.20. The molecule has 9 heteroatoms. The van der Waals surface area contributed by atoms with E-state index in [4.69, 9.17) is 4.74 Å². The highest BCUT2D eigenvalue weighted by molar-refractivity contribution is 6.05. The van der Waals surface area contributed by atoms with Crippen LogP contribution in [-0.2, 0) is 9.53 Å². The van der Waals surface area contributed by atoms with E-state index in [1.54, 1.807) is 33.8 Å². The normalized spacial score (nSPS) is 12.8. The smallest absolute Gasteiger partial charge is 0.508 e. The van der Waals surface area contributed by atoms with Crippen molar-refractivity contribution in [1.29, 1.82) is 0 Å². The quantitative estimate of drug-likeness (QED) is 0.535. The van der Waals surface area contributed by atoms with Gasteiger partial charge in [-0.1, -0.05) is 0 Å². The van der Waals surface area contributed by atoms with Gasteiger partial charge in [0.05, 0.1) is 17.5 Å². The highest BCUT2D eigenvalue weighted by Gasteiger charge is 2.31. The van der Waals surface area contributed by atoms with Crippen LogP contribution in [-0.4, -0.2) is 34.0 Å². The summed E-state index contributed by atoms with van der Waals surface area (Å²) in [5.41, 5.74) is 1.54. The molecule has 0 aliphatic carbocycles. The Morgan fingerprint density at radius 1 is 1.03 bits per heavy atom. The molecule has 0 amide bonds. The Bertz CT molecular complexity index is 1160. The number of phenols is 1. The van der Waals surface area contributed by atoms with Gasteiger partial charge in [-0.15, -0.1) is 13.2 Å². The summed E-state index contributed by atoms with van der Waals surface area (Å²) < 4.78 is 47.7. The van der Waals surface area contributed by atoms with Crippen LogP contribution in [0.1, 0.15) is 48.3 Å². The first-order valence-electron chi connectivity index (χ1n) is 9.84. The second kappa shape index (κ2) is 8.57. The molecule has 0 bridgehead atoms. The molecule has 0 saturated carbocycles. The Labute approximate surface area is 182 Å². The zero-order chi connectivity index (χ0) is 23.8. The Hall–Kier alpha value is -3.49. The van der Waals surface area contributed by atoms with E-state index in [1.807, 2.05) is 0 Å². The van der Waals surface area contributed by atoms with Crippen LogP contribution in [0.3, 0.4) is 0 Å². The highest BCUT2D eigenvalue weighted by atomic mass is 19.4. The lowest BCUT2D eigenvalue weighted by Gasteiger charge is -2.15. The fourth-order valence-electron chi connectivity index (χ4n) is 3.62. The van der Waals surface area contributed by atoms with Crippen molar-refractivity contribution in [2.75, 3.05) is 0 Å². The Kier molecular flexibility index (Phi) is 6.20. The van der Waals surface area contributed by atoms with Crippen LogP contribution in [0, 0.1) is 6.92 Å².